The van der Waals surface area contributed by atoms with Gasteiger partial charge in [-0.2, -0.15) is 0 Å². The Morgan fingerprint density at radius 3 is 2.38 bits per heavy atom. The maximum atomic E-state index is 2.29. The average molecular weight is 133 g/mol. The molecule has 0 N–H and O–H groups in total. The van der Waals surface area contributed by atoms with E-state index in [1.165, 1.54) is 31.6 Å². The highest BCUT2D eigenvalue weighted by molar-refractivity contribution is 7.37. The third-order valence-corrected chi connectivity index (χ3v) is 2.69. The monoisotopic (exact) mass is 133 g/mol. The van der Waals surface area contributed by atoms with Gasteiger partial charge in [-0.05, 0) is 21.9 Å². The highest BCUT2D eigenvalue weighted by atomic mass is 31.1. The van der Waals surface area contributed by atoms with E-state index < -0.39 is 0 Å². The molecule has 0 rings (SSSR count). The molecule has 0 saturated carbocycles. The first-order chi connectivity index (χ1) is 3.91. The van der Waals surface area contributed by atoms with E-state index in [-0.39, 0.29) is 0 Å². The lowest BCUT2D eigenvalue weighted by Crippen LogP contribution is -1.76. The van der Waals surface area contributed by atoms with Crippen LogP contribution in [0.1, 0.15) is 33.1 Å². The topological polar surface area (TPSA) is 0 Å². The minimum Gasteiger partial charge on any atom is -0.0654 e. The van der Waals surface area contributed by atoms with Crippen LogP contribution >= 0.6 is 8.58 Å². The van der Waals surface area contributed by atoms with E-state index in [1.807, 2.05) is 0 Å². The van der Waals surface area contributed by atoms with Crippen LogP contribution in [0.25, 0.3) is 0 Å². The molecule has 0 aliphatic carbocycles. The number of hydrogen-bond donors (Lipinski definition) is 0. The van der Waals surface area contributed by atoms with Gasteiger partial charge < -0.3 is 0 Å². The molecular formula is C7H18P+. The van der Waals surface area contributed by atoms with E-state index >= 15 is 0 Å². The molecule has 0 aromatic rings. The maximum Gasteiger partial charge on any atom is 0.0549 e. The second-order valence-corrected chi connectivity index (χ2v) is 4.16. The Bertz CT molecular complexity index is 29.4. The third-order valence-electron chi connectivity index (χ3n) is 1.30. The molecule has 0 fully saturated rings. The van der Waals surface area contributed by atoms with Crippen molar-refractivity contribution in [3.63, 3.8) is 0 Å². The Balaban J connectivity index is 2.53. The summed E-state index contributed by atoms with van der Waals surface area (Å²) in [6.07, 6.45) is 7.30. The Morgan fingerprint density at radius 2 is 1.88 bits per heavy atom. The molecule has 0 radical (unpaired) electrons. The van der Waals surface area contributed by atoms with Crippen LogP contribution in [-0.2, 0) is 0 Å². The average Bonchev–Trinajstić information content (AvgIpc) is 1.81. The van der Waals surface area contributed by atoms with Crippen molar-refractivity contribution in [3.8, 4) is 0 Å². The summed E-state index contributed by atoms with van der Waals surface area (Å²) < 4.78 is 0. The summed E-state index contributed by atoms with van der Waals surface area (Å²) in [5.41, 5.74) is 0. The van der Waals surface area contributed by atoms with E-state index in [0.717, 1.165) is 8.58 Å². The summed E-state index contributed by atoms with van der Waals surface area (Å²) in [6.45, 7) is 4.56. The fraction of sp³-hybridized carbons (Fsp3) is 1.00. The van der Waals surface area contributed by atoms with Gasteiger partial charge in [-0.1, -0.05) is 19.8 Å². The summed E-state index contributed by atoms with van der Waals surface area (Å²) >= 11 is 0. The standard InChI is InChI=1S/C7H17P/c1-3-5-6-7-8-4-2/h8H,3-7H2,1-2H3/p+1. The predicted molar refractivity (Wildman–Crippen MR) is 44.6 cm³/mol. The molecule has 1 atom stereocenters. The van der Waals surface area contributed by atoms with Gasteiger partial charge in [0, 0.05) is 0 Å². The van der Waals surface area contributed by atoms with Crippen LogP contribution in [0.5, 0.6) is 0 Å². The molecule has 0 saturated heterocycles. The van der Waals surface area contributed by atoms with Crippen molar-refractivity contribution in [2.75, 3.05) is 12.3 Å². The van der Waals surface area contributed by atoms with Gasteiger partial charge in [-0.3, -0.25) is 0 Å². The Morgan fingerprint density at radius 1 is 1.12 bits per heavy atom. The number of hydrogen-bond acceptors (Lipinski definition) is 0. The molecule has 8 heavy (non-hydrogen) atoms. The fourth-order valence-corrected chi connectivity index (χ4v) is 1.73. The van der Waals surface area contributed by atoms with Crippen LogP contribution in [0.3, 0.4) is 0 Å². The van der Waals surface area contributed by atoms with E-state index in [4.69, 9.17) is 0 Å². The molecule has 0 aliphatic rings. The van der Waals surface area contributed by atoms with Crippen LogP contribution in [0, 0.1) is 0 Å². The molecule has 0 amide bonds. The van der Waals surface area contributed by atoms with Gasteiger partial charge in [0.1, 0.15) is 0 Å². The maximum absolute atomic E-state index is 2.29. The zero-order valence-corrected chi connectivity index (χ0v) is 7.27. The highest BCUT2D eigenvalue weighted by Crippen LogP contribution is 2.11. The van der Waals surface area contributed by atoms with E-state index in [2.05, 4.69) is 13.8 Å². The number of unbranched alkanes of at least 4 members (excludes halogenated alkanes) is 2. The van der Waals surface area contributed by atoms with Crippen molar-refractivity contribution in [2.24, 2.45) is 0 Å². The Hall–Kier alpha value is 0.430. The molecule has 0 aromatic heterocycles. The first-order valence-corrected chi connectivity index (χ1v) is 5.36. The van der Waals surface area contributed by atoms with Gasteiger partial charge in [0.2, 0.25) is 0 Å². The van der Waals surface area contributed by atoms with Crippen LogP contribution in [-0.4, -0.2) is 12.3 Å². The predicted octanol–water partition coefficient (Wildman–Crippen LogP) is 2.61. The molecule has 1 heteroatoms. The summed E-state index contributed by atoms with van der Waals surface area (Å²) in [4.78, 5) is 0. The molecule has 1 unspecified atom stereocenters. The molecule has 0 aliphatic heterocycles. The summed E-state index contributed by atoms with van der Waals surface area (Å²) in [7, 11) is 0.813. The summed E-state index contributed by atoms with van der Waals surface area (Å²) in [5, 5.41) is 0. The van der Waals surface area contributed by atoms with Gasteiger partial charge >= 0.3 is 0 Å². The first kappa shape index (κ1) is 8.43. The molecule has 0 spiro atoms. The molecule has 0 bridgehead atoms. The van der Waals surface area contributed by atoms with Gasteiger partial charge in [-0.25, -0.2) is 0 Å². The van der Waals surface area contributed by atoms with Crippen molar-refractivity contribution >= 4 is 8.58 Å². The van der Waals surface area contributed by atoms with E-state index in [0.29, 0.717) is 0 Å². The van der Waals surface area contributed by atoms with Gasteiger partial charge in [0.25, 0.3) is 0 Å². The lowest BCUT2D eigenvalue weighted by atomic mass is 10.3. The van der Waals surface area contributed by atoms with Gasteiger partial charge in [-0.15, -0.1) is 0 Å². The van der Waals surface area contributed by atoms with E-state index in [1.54, 1.807) is 0 Å². The Kier molecular flexibility index (Phi) is 7.83. The SMILES string of the molecule is CCCCC[PH2+]CC. The van der Waals surface area contributed by atoms with Gasteiger partial charge in [0.15, 0.2) is 0 Å². The largest absolute Gasteiger partial charge is 0.0654 e. The molecule has 0 aromatic carbocycles. The lowest BCUT2D eigenvalue weighted by Gasteiger charge is -1.89. The zero-order valence-electron chi connectivity index (χ0n) is 6.11. The minimum atomic E-state index is 0.813. The highest BCUT2D eigenvalue weighted by Gasteiger charge is 1.88. The van der Waals surface area contributed by atoms with Gasteiger partial charge in [0.05, 0.1) is 12.3 Å². The van der Waals surface area contributed by atoms with Crippen LogP contribution in [0.15, 0.2) is 0 Å². The second-order valence-electron chi connectivity index (χ2n) is 2.19. The Labute approximate surface area is 54.8 Å². The molecule has 0 heterocycles. The normalized spacial score (nSPS) is 11.2. The minimum absolute atomic E-state index is 0.813. The van der Waals surface area contributed by atoms with E-state index in [9.17, 15) is 0 Å². The third kappa shape index (κ3) is 6.43. The van der Waals surface area contributed by atoms with Crippen LogP contribution in [0.4, 0.5) is 0 Å². The fourth-order valence-electron chi connectivity index (χ4n) is 0.743. The van der Waals surface area contributed by atoms with Crippen LogP contribution < -0.4 is 0 Å². The molecule has 0 nitrogen and oxygen atoms in total. The van der Waals surface area contributed by atoms with Crippen molar-refractivity contribution in [1.82, 2.24) is 0 Å². The zero-order chi connectivity index (χ0) is 6.24. The molecule has 50 valence electrons. The smallest absolute Gasteiger partial charge is 0.0549 e. The van der Waals surface area contributed by atoms with Crippen molar-refractivity contribution in [2.45, 2.75) is 33.1 Å². The summed E-state index contributed by atoms with van der Waals surface area (Å²) in [6, 6.07) is 0. The van der Waals surface area contributed by atoms with Crippen LogP contribution in [0.2, 0.25) is 0 Å². The first-order valence-electron chi connectivity index (χ1n) is 3.73. The number of rotatable bonds is 5. The lowest BCUT2D eigenvalue weighted by molar-refractivity contribution is 0.777. The molecular weight excluding hydrogens is 115 g/mol. The quantitative estimate of drug-likeness (QED) is 0.399. The van der Waals surface area contributed by atoms with Crippen molar-refractivity contribution < 1.29 is 0 Å². The van der Waals surface area contributed by atoms with Crippen molar-refractivity contribution in [3.05, 3.63) is 0 Å². The van der Waals surface area contributed by atoms with Crippen molar-refractivity contribution in [1.29, 1.82) is 0 Å². The summed E-state index contributed by atoms with van der Waals surface area (Å²) in [5.74, 6) is 0. The second kappa shape index (κ2) is 7.43.